The molecule has 4 aromatic carbocycles. The summed E-state index contributed by atoms with van der Waals surface area (Å²) >= 11 is 7.09. The van der Waals surface area contributed by atoms with E-state index >= 15 is 0 Å². The third-order valence-electron chi connectivity index (χ3n) is 7.30. The molecule has 0 fully saturated rings. The monoisotopic (exact) mass is 685 g/mol. The van der Waals surface area contributed by atoms with E-state index in [1.165, 1.54) is 19.2 Å². The molecular formula is C33H25Br2N3O4. The van der Waals surface area contributed by atoms with Gasteiger partial charge in [0.25, 0.3) is 11.5 Å². The van der Waals surface area contributed by atoms with Gasteiger partial charge in [-0.2, -0.15) is 5.10 Å². The van der Waals surface area contributed by atoms with Crippen molar-refractivity contribution in [3.63, 3.8) is 0 Å². The van der Waals surface area contributed by atoms with Crippen molar-refractivity contribution in [1.29, 1.82) is 0 Å². The van der Waals surface area contributed by atoms with Crippen molar-refractivity contribution in [3.8, 4) is 22.6 Å². The number of aromatic nitrogens is 1. The lowest BCUT2D eigenvalue weighted by atomic mass is 9.91. The SMILES string of the molecule is COc1cc(OC)cc(C(=O)N2N=C(c3c(-c4ccccc4)c4cc(Br)ccc4[nH]c3=O)CC2c2ccc(Br)cc2)c1. The van der Waals surface area contributed by atoms with Gasteiger partial charge in [-0.05, 0) is 53.6 Å². The first kappa shape index (κ1) is 27.9. The first-order chi connectivity index (χ1) is 20.4. The fraction of sp³-hybridized carbons (Fsp3) is 0.121. The van der Waals surface area contributed by atoms with Crippen LogP contribution in [0.15, 0.2) is 110 Å². The maximum Gasteiger partial charge on any atom is 0.274 e. The van der Waals surface area contributed by atoms with Crippen molar-refractivity contribution in [2.24, 2.45) is 5.10 Å². The number of rotatable bonds is 6. The second-order valence-corrected chi connectivity index (χ2v) is 11.7. The lowest BCUT2D eigenvalue weighted by Crippen LogP contribution is -2.27. The Kier molecular flexibility index (Phi) is 7.70. The standard InChI is InChI=1S/C33H25Br2N3O4/c1-41-24-14-21(15-25(17-24)42-2)33(40)38-29(19-8-10-22(34)11-9-19)18-28(37-38)31-30(20-6-4-3-5-7-20)26-16-23(35)12-13-27(26)36-32(31)39/h3-17,29H,18H2,1-2H3,(H,36,39). The molecule has 1 unspecified atom stereocenters. The van der Waals surface area contributed by atoms with Crippen molar-refractivity contribution in [2.75, 3.05) is 14.2 Å². The summed E-state index contributed by atoms with van der Waals surface area (Å²) < 4.78 is 12.6. The number of ether oxygens (including phenoxy) is 2. The summed E-state index contributed by atoms with van der Waals surface area (Å²) in [6.07, 6.45) is 0.344. The van der Waals surface area contributed by atoms with Gasteiger partial charge in [-0.3, -0.25) is 9.59 Å². The Morgan fingerprint density at radius 1 is 0.857 bits per heavy atom. The predicted octanol–water partition coefficient (Wildman–Crippen LogP) is 7.73. The molecule has 1 aliphatic rings. The molecular weight excluding hydrogens is 662 g/mol. The molecule has 2 heterocycles. The lowest BCUT2D eigenvalue weighted by molar-refractivity contribution is 0.0710. The van der Waals surface area contributed by atoms with Crippen molar-refractivity contribution in [3.05, 3.63) is 127 Å². The smallest absolute Gasteiger partial charge is 0.274 e. The summed E-state index contributed by atoms with van der Waals surface area (Å²) in [4.78, 5) is 31.0. The van der Waals surface area contributed by atoms with E-state index in [1.807, 2.05) is 72.8 Å². The van der Waals surface area contributed by atoms with Gasteiger partial charge in [-0.25, -0.2) is 5.01 Å². The second-order valence-electron chi connectivity index (χ2n) is 9.83. The van der Waals surface area contributed by atoms with E-state index in [0.717, 1.165) is 31.0 Å². The molecule has 1 atom stereocenters. The van der Waals surface area contributed by atoms with Crippen LogP contribution in [-0.2, 0) is 0 Å². The molecule has 0 bridgehead atoms. The zero-order valence-corrected chi connectivity index (χ0v) is 25.9. The molecule has 6 rings (SSSR count). The fourth-order valence-electron chi connectivity index (χ4n) is 5.30. The summed E-state index contributed by atoms with van der Waals surface area (Å²) in [6.45, 7) is 0. The van der Waals surface area contributed by atoms with Gasteiger partial charge < -0.3 is 14.5 Å². The van der Waals surface area contributed by atoms with E-state index in [-0.39, 0.29) is 11.5 Å². The van der Waals surface area contributed by atoms with E-state index in [2.05, 4.69) is 36.8 Å². The highest BCUT2D eigenvalue weighted by Gasteiger charge is 2.36. The number of halogens is 2. The first-order valence-corrected chi connectivity index (χ1v) is 14.8. The van der Waals surface area contributed by atoms with Gasteiger partial charge in [-0.15, -0.1) is 0 Å². The number of fused-ring (bicyclic) bond motifs is 1. The van der Waals surface area contributed by atoms with Crippen LogP contribution in [0.3, 0.4) is 0 Å². The fourth-order valence-corrected chi connectivity index (χ4v) is 5.93. The summed E-state index contributed by atoms with van der Waals surface area (Å²) in [6, 6.07) is 27.9. The number of hydrogen-bond acceptors (Lipinski definition) is 5. The third kappa shape index (κ3) is 5.26. The molecule has 7 nitrogen and oxygen atoms in total. The molecule has 0 spiro atoms. The Hall–Kier alpha value is -4.21. The van der Waals surface area contributed by atoms with Crippen LogP contribution in [-0.4, -0.2) is 35.8 Å². The number of methoxy groups -OCH3 is 2. The molecule has 5 aromatic rings. The van der Waals surface area contributed by atoms with Gasteiger partial charge in [0.1, 0.15) is 11.5 Å². The zero-order chi connectivity index (χ0) is 29.4. The predicted molar refractivity (Wildman–Crippen MR) is 171 cm³/mol. The number of amides is 1. The summed E-state index contributed by atoms with van der Waals surface area (Å²) in [7, 11) is 3.07. The van der Waals surface area contributed by atoms with Gasteiger partial charge >= 0.3 is 0 Å². The first-order valence-electron chi connectivity index (χ1n) is 13.2. The molecule has 0 saturated carbocycles. The molecule has 9 heteroatoms. The normalized spacial score (nSPS) is 14.6. The number of pyridine rings is 1. The number of carbonyl (C=O) groups excluding carboxylic acids is 1. The molecule has 0 aliphatic carbocycles. The van der Waals surface area contributed by atoms with Crippen LogP contribution in [0, 0.1) is 0 Å². The van der Waals surface area contributed by atoms with Crippen LogP contribution in [0.5, 0.6) is 11.5 Å². The van der Waals surface area contributed by atoms with Crippen LogP contribution in [0.4, 0.5) is 0 Å². The second kappa shape index (κ2) is 11.6. The van der Waals surface area contributed by atoms with E-state index < -0.39 is 6.04 Å². The highest BCUT2D eigenvalue weighted by atomic mass is 79.9. The Morgan fingerprint density at radius 3 is 2.19 bits per heavy atom. The number of carbonyl (C=O) groups is 1. The minimum Gasteiger partial charge on any atom is -0.497 e. The number of nitrogens with one attached hydrogen (secondary N) is 1. The maximum atomic E-state index is 14.1. The van der Waals surface area contributed by atoms with Gasteiger partial charge in [0.05, 0.1) is 31.5 Å². The molecule has 210 valence electrons. The number of H-pyrrole nitrogens is 1. The van der Waals surface area contributed by atoms with Crippen molar-refractivity contribution >= 4 is 54.4 Å². The van der Waals surface area contributed by atoms with Crippen molar-refractivity contribution in [1.82, 2.24) is 9.99 Å². The Morgan fingerprint density at radius 2 is 1.52 bits per heavy atom. The van der Waals surface area contributed by atoms with Crippen molar-refractivity contribution < 1.29 is 14.3 Å². The average molecular weight is 687 g/mol. The number of hydrogen-bond donors (Lipinski definition) is 1. The maximum absolute atomic E-state index is 14.1. The van der Waals surface area contributed by atoms with Gasteiger partial charge in [0.2, 0.25) is 0 Å². The number of benzene rings is 4. The molecule has 0 radical (unpaired) electrons. The lowest BCUT2D eigenvalue weighted by Gasteiger charge is -2.22. The topological polar surface area (TPSA) is 84.0 Å². The van der Waals surface area contributed by atoms with Crippen LogP contribution in [0.25, 0.3) is 22.0 Å². The van der Waals surface area contributed by atoms with Gasteiger partial charge in [0.15, 0.2) is 0 Å². The molecule has 1 N–H and O–H groups in total. The summed E-state index contributed by atoms with van der Waals surface area (Å²) in [5.41, 5.74) is 4.30. The Bertz CT molecular complexity index is 1880. The number of aromatic amines is 1. The van der Waals surface area contributed by atoms with Gasteiger partial charge in [-0.1, -0.05) is 74.3 Å². The Labute approximate surface area is 259 Å². The summed E-state index contributed by atoms with van der Waals surface area (Å²) in [5, 5.41) is 7.21. The minimum absolute atomic E-state index is 0.269. The van der Waals surface area contributed by atoms with E-state index in [4.69, 9.17) is 14.6 Å². The zero-order valence-electron chi connectivity index (χ0n) is 22.7. The van der Waals surface area contributed by atoms with E-state index in [9.17, 15) is 9.59 Å². The highest BCUT2D eigenvalue weighted by Crippen LogP contribution is 2.39. The van der Waals surface area contributed by atoms with E-state index in [0.29, 0.717) is 40.3 Å². The van der Waals surface area contributed by atoms with Crippen LogP contribution < -0.4 is 15.0 Å². The number of hydrazone groups is 1. The van der Waals surface area contributed by atoms with E-state index in [1.54, 1.807) is 18.2 Å². The molecule has 42 heavy (non-hydrogen) atoms. The van der Waals surface area contributed by atoms with Crippen LogP contribution >= 0.6 is 31.9 Å². The summed E-state index contributed by atoms with van der Waals surface area (Å²) in [5.74, 6) is 0.643. The highest BCUT2D eigenvalue weighted by molar-refractivity contribution is 9.10. The molecule has 1 amide bonds. The van der Waals surface area contributed by atoms with Crippen molar-refractivity contribution in [2.45, 2.75) is 12.5 Å². The molecule has 1 aliphatic heterocycles. The minimum atomic E-state index is -0.445. The molecule has 1 aromatic heterocycles. The molecule has 0 saturated heterocycles. The quantitative estimate of drug-likeness (QED) is 0.198. The Balaban J connectivity index is 1.56. The average Bonchev–Trinajstić information content (AvgIpc) is 3.45. The number of nitrogens with zero attached hydrogens (tertiary/aromatic N) is 2. The van der Waals surface area contributed by atoms with Gasteiger partial charge in [0, 0.05) is 43.5 Å². The van der Waals surface area contributed by atoms with Crippen LogP contribution in [0.1, 0.15) is 33.9 Å². The third-order valence-corrected chi connectivity index (χ3v) is 8.32. The largest absolute Gasteiger partial charge is 0.497 e. The van der Waals surface area contributed by atoms with Crippen LogP contribution in [0.2, 0.25) is 0 Å².